The van der Waals surface area contributed by atoms with Crippen LogP contribution in [0, 0.1) is 0 Å². The third-order valence-corrected chi connectivity index (χ3v) is 3.16. The summed E-state index contributed by atoms with van der Waals surface area (Å²) in [4.78, 5) is 15.5. The number of aromatic nitrogens is 1. The number of nitrogens with one attached hydrogen (secondary N) is 1. The molecule has 0 aliphatic heterocycles. The molecule has 0 radical (unpaired) electrons. The lowest BCUT2D eigenvalue weighted by Crippen LogP contribution is -2.33. The van der Waals surface area contributed by atoms with E-state index in [9.17, 15) is 4.79 Å². The van der Waals surface area contributed by atoms with E-state index in [1.807, 2.05) is 57.2 Å². The van der Waals surface area contributed by atoms with Gasteiger partial charge >= 0.3 is 6.09 Å². The van der Waals surface area contributed by atoms with Crippen LogP contribution in [-0.4, -0.2) is 23.2 Å². The van der Waals surface area contributed by atoms with Crippen molar-refractivity contribution in [1.29, 1.82) is 0 Å². The molecular weight excluding hydrogens is 304 g/mol. The van der Waals surface area contributed by atoms with Crippen molar-refractivity contribution in [2.45, 2.75) is 39.4 Å². The molecule has 5 heteroatoms. The zero-order valence-corrected chi connectivity index (χ0v) is 14.4. The Hall–Kier alpha value is -2.56. The maximum Gasteiger partial charge on any atom is 0.407 e. The van der Waals surface area contributed by atoms with Crippen LogP contribution in [0.2, 0.25) is 0 Å². The summed E-state index contributed by atoms with van der Waals surface area (Å²) in [5.74, 6) is 0.815. The van der Waals surface area contributed by atoms with E-state index < -0.39 is 5.60 Å². The maximum atomic E-state index is 11.6. The first-order valence-corrected chi connectivity index (χ1v) is 8.00. The minimum atomic E-state index is -0.474. The number of carbonyl (C=O) groups is 1. The van der Waals surface area contributed by atoms with Crippen molar-refractivity contribution in [3.8, 4) is 5.75 Å². The van der Waals surface area contributed by atoms with Crippen LogP contribution in [0.25, 0.3) is 0 Å². The van der Waals surface area contributed by atoms with E-state index in [0.717, 1.165) is 23.3 Å². The second kappa shape index (κ2) is 8.34. The third-order valence-electron chi connectivity index (χ3n) is 3.16. The van der Waals surface area contributed by atoms with Crippen molar-refractivity contribution in [1.82, 2.24) is 10.3 Å². The van der Waals surface area contributed by atoms with Gasteiger partial charge in [0, 0.05) is 18.9 Å². The molecule has 5 nitrogen and oxygen atoms in total. The van der Waals surface area contributed by atoms with Crippen molar-refractivity contribution < 1.29 is 14.3 Å². The highest BCUT2D eigenvalue weighted by Crippen LogP contribution is 2.14. The number of pyridine rings is 1. The SMILES string of the molecule is CC(C)(C)OC(=O)NCCc1ccc(OCc2ccncc2)cc1. The molecule has 2 rings (SSSR count). The molecule has 0 bridgehead atoms. The smallest absolute Gasteiger partial charge is 0.407 e. The van der Waals surface area contributed by atoms with E-state index in [0.29, 0.717) is 13.2 Å². The molecule has 0 atom stereocenters. The van der Waals surface area contributed by atoms with Gasteiger partial charge in [0.15, 0.2) is 0 Å². The average molecular weight is 328 g/mol. The number of amides is 1. The molecule has 1 N–H and O–H groups in total. The van der Waals surface area contributed by atoms with Gasteiger partial charge in [-0.3, -0.25) is 4.98 Å². The molecule has 2 aromatic rings. The summed E-state index contributed by atoms with van der Waals surface area (Å²) in [7, 11) is 0. The van der Waals surface area contributed by atoms with Crippen LogP contribution in [0.5, 0.6) is 5.75 Å². The molecule has 1 aromatic heterocycles. The first-order chi connectivity index (χ1) is 11.4. The van der Waals surface area contributed by atoms with Crippen molar-refractivity contribution in [2.75, 3.05) is 6.54 Å². The van der Waals surface area contributed by atoms with E-state index in [-0.39, 0.29) is 6.09 Å². The van der Waals surface area contributed by atoms with Gasteiger partial charge in [-0.2, -0.15) is 0 Å². The van der Waals surface area contributed by atoms with Gasteiger partial charge in [0.25, 0.3) is 0 Å². The molecule has 0 fully saturated rings. The highest BCUT2D eigenvalue weighted by Gasteiger charge is 2.15. The van der Waals surface area contributed by atoms with Crippen LogP contribution in [0.4, 0.5) is 4.79 Å². The fourth-order valence-corrected chi connectivity index (χ4v) is 2.02. The number of benzene rings is 1. The number of alkyl carbamates (subject to hydrolysis) is 1. The Balaban J connectivity index is 1.73. The zero-order chi connectivity index (χ0) is 17.4. The van der Waals surface area contributed by atoms with Gasteiger partial charge in [0.2, 0.25) is 0 Å². The van der Waals surface area contributed by atoms with Crippen molar-refractivity contribution in [3.63, 3.8) is 0 Å². The number of hydrogen-bond donors (Lipinski definition) is 1. The van der Waals surface area contributed by atoms with E-state index in [1.165, 1.54) is 0 Å². The third kappa shape index (κ3) is 6.69. The second-order valence-corrected chi connectivity index (χ2v) is 6.47. The summed E-state index contributed by atoms with van der Waals surface area (Å²) < 4.78 is 10.9. The Labute approximate surface area is 143 Å². The molecular formula is C19H24N2O3. The monoisotopic (exact) mass is 328 g/mol. The Morgan fingerprint density at radius 2 is 1.71 bits per heavy atom. The van der Waals surface area contributed by atoms with Crippen LogP contribution >= 0.6 is 0 Å². The highest BCUT2D eigenvalue weighted by atomic mass is 16.6. The molecule has 0 saturated carbocycles. The van der Waals surface area contributed by atoms with Crippen LogP contribution in [0.15, 0.2) is 48.8 Å². The van der Waals surface area contributed by atoms with Gasteiger partial charge < -0.3 is 14.8 Å². The summed E-state index contributed by atoms with van der Waals surface area (Å²) >= 11 is 0. The summed E-state index contributed by atoms with van der Waals surface area (Å²) in [6.07, 6.45) is 3.85. The molecule has 1 heterocycles. The number of rotatable bonds is 6. The molecule has 0 unspecified atom stereocenters. The predicted octanol–water partition coefficient (Wildman–Crippen LogP) is 3.73. The van der Waals surface area contributed by atoms with Crippen molar-refractivity contribution >= 4 is 6.09 Å². The van der Waals surface area contributed by atoms with Gasteiger partial charge in [0.1, 0.15) is 18.0 Å². The van der Waals surface area contributed by atoms with Crippen molar-refractivity contribution in [3.05, 3.63) is 59.9 Å². The van der Waals surface area contributed by atoms with Crippen LogP contribution in [0.3, 0.4) is 0 Å². The van der Waals surface area contributed by atoms with Gasteiger partial charge in [-0.05, 0) is 62.6 Å². The standard InChI is InChI=1S/C19H24N2O3/c1-19(2,3)24-18(22)21-13-10-15-4-6-17(7-5-15)23-14-16-8-11-20-12-9-16/h4-9,11-12H,10,13-14H2,1-3H3,(H,21,22). The lowest BCUT2D eigenvalue weighted by atomic mass is 10.1. The summed E-state index contributed by atoms with van der Waals surface area (Å²) in [5, 5.41) is 2.75. The molecule has 0 aliphatic rings. The molecule has 24 heavy (non-hydrogen) atoms. The van der Waals surface area contributed by atoms with Gasteiger partial charge in [0.05, 0.1) is 0 Å². The summed E-state index contributed by atoms with van der Waals surface area (Å²) in [6, 6.07) is 11.7. The zero-order valence-electron chi connectivity index (χ0n) is 14.4. The van der Waals surface area contributed by atoms with Crippen LogP contribution < -0.4 is 10.1 Å². The molecule has 0 saturated heterocycles. The second-order valence-electron chi connectivity index (χ2n) is 6.47. The van der Waals surface area contributed by atoms with Crippen molar-refractivity contribution in [2.24, 2.45) is 0 Å². The van der Waals surface area contributed by atoms with Gasteiger partial charge in [-0.1, -0.05) is 12.1 Å². The van der Waals surface area contributed by atoms with E-state index in [2.05, 4.69) is 10.3 Å². The Kier molecular flexibility index (Phi) is 6.18. The van der Waals surface area contributed by atoms with Crippen LogP contribution in [0.1, 0.15) is 31.9 Å². The Bertz CT molecular complexity index is 634. The van der Waals surface area contributed by atoms with E-state index >= 15 is 0 Å². The minimum absolute atomic E-state index is 0.389. The number of carbonyl (C=O) groups excluding carboxylic acids is 1. The normalized spacial score (nSPS) is 11.0. The maximum absolute atomic E-state index is 11.6. The molecule has 0 spiro atoms. The largest absolute Gasteiger partial charge is 0.489 e. The topological polar surface area (TPSA) is 60.5 Å². The number of hydrogen-bond acceptors (Lipinski definition) is 4. The fourth-order valence-electron chi connectivity index (χ4n) is 2.02. The van der Waals surface area contributed by atoms with Gasteiger partial charge in [-0.25, -0.2) is 4.79 Å². The van der Waals surface area contributed by atoms with E-state index in [4.69, 9.17) is 9.47 Å². The number of ether oxygens (including phenoxy) is 2. The fraction of sp³-hybridized carbons (Fsp3) is 0.368. The minimum Gasteiger partial charge on any atom is -0.489 e. The molecule has 128 valence electrons. The first-order valence-electron chi connectivity index (χ1n) is 8.00. The molecule has 1 amide bonds. The summed E-state index contributed by atoms with van der Waals surface area (Å²) in [6.45, 7) is 6.58. The highest BCUT2D eigenvalue weighted by molar-refractivity contribution is 5.67. The first kappa shape index (κ1) is 17.8. The molecule has 0 aliphatic carbocycles. The molecule has 1 aromatic carbocycles. The lowest BCUT2D eigenvalue weighted by Gasteiger charge is -2.19. The van der Waals surface area contributed by atoms with Gasteiger partial charge in [-0.15, -0.1) is 0 Å². The summed E-state index contributed by atoms with van der Waals surface area (Å²) in [5.41, 5.74) is 1.73. The Morgan fingerprint density at radius 3 is 2.33 bits per heavy atom. The predicted molar refractivity (Wildman–Crippen MR) is 93.0 cm³/mol. The number of nitrogens with zero attached hydrogens (tertiary/aromatic N) is 1. The van der Waals surface area contributed by atoms with E-state index in [1.54, 1.807) is 12.4 Å². The quantitative estimate of drug-likeness (QED) is 0.878. The Morgan fingerprint density at radius 1 is 1.04 bits per heavy atom. The average Bonchev–Trinajstić information content (AvgIpc) is 2.53. The van der Waals surface area contributed by atoms with Crippen LogP contribution in [-0.2, 0) is 17.8 Å². The lowest BCUT2D eigenvalue weighted by molar-refractivity contribution is 0.0528.